The highest BCUT2D eigenvalue weighted by molar-refractivity contribution is 5.92. The van der Waals surface area contributed by atoms with Crippen molar-refractivity contribution >= 4 is 17.4 Å². The van der Waals surface area contributed by atoms with Gasteiger partial charge in [0.2, 0.25) is 0 Å². The SMILES string of the molecule is COc1ccc(Nc2ccc(C(N)=O)c(=O)[nH]2)cc1. The highest BCUT2D eigenvalue weighted by atomic mass is 16.5. The first kappa shape index (κ1) is 12.7. The van der Waals surface area contributed by atoms with Crippen LogP contribution in [0.3, 0.4) is 0 Å². The Morgan fingerprint density at radius 1 is 1.21 bits per heavy atom. The van der Waals surface area contributed by atoms with Crippen LogP contribution in [0.1, 0.15) is 10.4 Å². The number of H-pyrrole nitrogens is 1. The molecule has 0 bridgehead atoms. The van der Waals surface area contributed by atoms with Gasteiger partial charge in [0.15, 0.2) is 0 Å². The topological polar surface area (TPSA) is 97.2 Å². The molecule has 0 spiro atoms. The number of rotatable bonds is 4. The Morgan fingerprint density at radius 2 is 1.89 bits per heavy atom. The van der Waals surface area contributed by atoms with E-state index in [1.165, 1.54) is 6.07 Å². The molecule has 0 saturated carbocycles. The standard InChI is InChI=1S/C13H13N3O3/c1-19-9-4-2-8(3-5-9)15-11-7-6-10(12(14)17)13(18)16-11/h2-7H,1H3,(H2,14,17)(H2,15,16,18). The molecule has 0 unspecified atom stereocenters. The summed E-state index contributed by atoms with van der Waals surface area (Å²) < 4.78 is 5.04. The number of carbonyl (C=O) groups is 1. The minimum Gasteiger partial charge on any atom is -0.497 e. The number of carbonyl (C=O) groups excluding carboxylic acids is 1. The van der Waals surface area contributed by atoms with Gasteiger partial charge in [0, 0.05) is 5.69 Å². The monoisotopic (exact) mass is 259 g/mol. The van der Waals surface area contributed by atoms with Gasteiger partial charge in [0.05, 0.1) is 7.11 Å². The number of nitrogens with one attached hydrogen (secondary N) is 2. The zero-order valence-electron chi connectivity index (χ0n) is 10.3. The first-order chi connectivity index (χ1) is 9.10. The molecular weight excluding hydrogens is 246 g/mol. The number of nitrogens with two attached hydrogens (primary N) is 1. The molecular formula is C13H13N3O3. The third kappa shape index (κ3) is 2.92. The van der Waals surface area contributed by atoms with Crippen LogP contribution in [0.15, 0.2) is 41.2 Å². The number of amides is 1. The zero-order chi connectivity index (χ0) is 13.8. The van der Waals surface area contributed by atoms with E-state index in [-0.39, 0.29) is 5.56 Å². The van der Waals surface area contributed by atoms with E-state index in [0.717, 1.165) is 11.4 Å². The molecule has 1 aromatic carbocycles. The fourth-order valence-electron chi connectivity index (χ4n) is 1.57. The van der Waals surface area contributed by atoms with Gasteiger partial charge in [-0.2, -0.15) is 0 Å². The molecule has 0 aliphatic carbocycles. The Morgan fingerprint density at radius 3 is 2.42 bits per heavy atom. The second-order valence-electron chi connectivity index (χ2n) is 3.83. The largest absolute Gasteiger partial charge is 0.497 e. The van der Waals surface area contributed by atoms with Crippen LogP contribution in [0, 0.1) is 0 Å². The van der Waals surface area contributed by atoms with Gasteiger partial charge in [-0.1, -0.05) is 0 Å². The minimum absolute atomic E-state index is 0.0692. The van der Waals surface area contributed by atoms with Crippen LogP contribution in [-0.2, 0) is 0 Å². The fraction of sp³-hybridized carbons (Fsp3) is 0.0769. The Kier molecular flexibility index (Phi) is 3.51. The summed E-state index contributed by atoms with van der Waals surface area (Å²) in [6.07, 6.45) is 0. The van der Waals surface area contributed by atoms with Crippen molar-refractivity contribution in [1.82, 2.24) is 4.98 Å². The minimum atomic E-state index is -0.753. The summed E-state index contributed by atoms with van der Waals surface area (Å²) in [6.45, 7) is 0. The van der Waals surface area contributed by atoms with Crippen LogP contribution in [0.4, 0.5) is 11.5 Å². The van der Waals surface area contributed by atoms with Gasteiger partial charge in [-0.25, -0.2) is 0 Å². The summed E-state index contributed by atoms with van der Waals surface area (Å²) in [7, 11) is 1.59. The van der Waals surface area contributed by atoms with Crippen LogP contribution in [0.2, 0.25) is 0 Å². The maximum absolute atomic E-state index is 11.6. The molecule has 0 aliphatic heterocycles. The molecule has 19 heavy (non-hydrogen) atoms. The molecule has 6 heteroatoms. The van der Waals surface area contributed by atoms with E-state index in [4.69, 9.17) is 10.5 Å². The zero-order valence-corrected chi connectivity index (χ0v) is 10.3. The van der Waals surface area contributed by atoms with Gasteiger partial charge in [-0.05, 0) is 36.4 Å². The highest BCUT2D eigenvalue weighted by Gasteiger charge is 2.06. The summed E-state index contributed by atoms with van der Waals surface area (Å²) >= 11 is 0. The number of primary amides is 1. The lowest BCUT2D eigenvalue weighted by atomic mass is 10.2. The van der Waals surface area contributed by atoms with E-state index in [0.29, 0.717) is 5.82 Å². The average Bonchev–Trinajstić information content (AvgIpc) is 2.39. The molecule has 6 nitrogen and oxygen atoms in total. The first-order valence-corrected chi connectivity index (χ1v) is 5.54. The lowest BCUT2D eigenvalue weighted by molar-refractivity contribution is 0.0999. The van der Waals surface area contributed by atoms with Crippen LogP contribution in [0.5, 0.6) is 5.75 Å². The number of aromatic amines is 1. The molecule has 0 saturated heterocycles. The van der Waals surface area contributed by atoms with Gasteiger partial charge in [-0.15, -0.1) is 0 Å². The lowest BCUT2D eigenvalue weighted by Crippen LogP contribution is -2.23. The molecule has 0 radical (unpaired) electrons. The molecule has 1 amide bonds. The number of hydrogen-bond acceptors (Lipinski definition) is 4. The van der Waals surface area contributed by atoms with Crippen molar-refractivity contribution in [3.63, 3.8) is 0 Å². The summed E-state index contributed by atoms with van der Waals surface area (Å²) in [6, 6.07) is 10.1. The first-order valence-electron chi connectivity index (χ1n) is 5.54. The van der Waals surface area contributed by atoms with Crippen molar-refractivity contribution in [3.05, 3.63) is 52.3 Å². The predicted octanol–water partition coefficient (Wildman–Crippen LogP) is 1.23. The van der Waals surface area contributed by atoms with Crippen LogP contribution < -0.4 is 21.3 Å². The van der Waals surface area contributed by atoms with E-state index in [9.17, 15) is 9.59 Å². The smallest absolute Gasteiger partial charge is 0.262 e. The Labute approximate surface area is 109 Å². The second kappa shape index (κ2) is 5.26. The number of anilines is 2. The molecule has 2 aromatic rings. The van der Waals surface area contributed by atoms with E-state index in [1.807, 2.05) is 0 Å². The summed E-state index contributed by atoms with van der Waals surface area (Å²) in [5.74, 6) is 0.459. The average molecular weight is 259 g/mol. The molecule has 1 aromatic heterocycles. The maximum atomic E-state index is 11.6. The van der Waals surface area contributed by atoms with E-state index < -0.39 is 11.5 Å². The number of hydrogen-bond donors (Lipinski definition) is 3. The molecule has 4 N–H and O–H groups in total. The molecule has 0 fully saturated rings. The van der Waals surface area contributed by atoms with Crippen LogP contribution >= 0.6 is 0 Å². The highest BCUT2D eigenvalue weighted by Crippen LogP contribution is 2.18. The van der Waals surface area contributed by atoms with Crippen molar-refractivity contribution in [3.8, 4) is 5.75 Å². The van der Waals surface area contributed by atoms with E-state index in [1.54, 1.807) is 37.4 Å². The quantitative estimate of drug-likeness (QED) is 0.769. The van der Waals surface area contributed by atoms with Crippen molar-refractivity contribution in [2.24, 2.45) is 5.73 Å². The summed E-state index contributed by atoms with van der Waals surface area (Å²) in [4.78, 5) is 25.0. The number of ether oxygens (including phenoxy) is 1. The molecule has 0 aliphatic rings. The Balaban J connectivity index is 2.21. The predicted molar refractivity (Wildman–Crippen MR) is 71.9 cm³/mol. The van der Waals surface area contributed by atoms with Gasteiger partial charge in [0.25, 0.3) is 11.5 Å². The molecule has 0 atom stereocenters. The van der Waals surface area contributed by atoms with Crippen molar-refractivity contribution in [2.75, 3.05) is 12.4 Å². The summed E-state index contributed by atoms with van der Waals surface area (Å²) in [5.41, 5.74) is 5.25. The van der Waals surface area contributed by atoms with Gasteiger partial charge < -0.3 is 20.8 Å². The lowest BCUT2D eigenvalue weighted by Gasteiger charge is -2.07. The van der Waals surface area contributed by atoms with Crippen molar-refractivity contribution in [1.29, 1.82) is 0 Å². The number of methoxy groups -OCH3 is 1. The van der Waals surface area contributed by atoms with E-state index in [2.05, 4.69) is 10.3 Å². The van der Waals surface area contributed by atoms with Crippen molar-refractivity contribution in [2.45, 2.75) is 0 Å². The summed E-state index contributed by atoms with van der Waals surface area (Å²) in [5, 5.41) is 3.00. The number of pyridine rings is 1. The Bertz CT molecular complexity index is 647. The van der Waals surface area contributed by atoms with Crippen LogP contribution in [-0.4, -0.2) is 18.0 Å². The van der Waals surface area contributed by atoms with Gasteiger partial charge in [-0.3, -0.25) is 9.59 Å². The normalized spacial score (nSPS) is 9.95. The van der Waals surface area contributed by atoms with Crippen molar-refractivity contribution < 1.29 is 9.53 Å². The third-order valence-corrected chi connectivity index (χ3v) is 2.54. The fourth-order valence-corrected chi connectivity index (χ4v) is 1.57. The molecule has 98 valence electrons. The molecule has 1 heterocycles. The second-order valence-corrected chi connectivity index (χ2v) is 3.83. The number of benzene rings is 1. The van der Waals surface area contributed by atoms with Gasteiger partial charge in [0.1, 0.15) is 17.1 Å². The van der Waals surface area contributed by atoms with Gasteiger partial charge >= 0.3 is 0 Å². The third-order valence-electron chi connectivity index (χ3n) is 2.54. The Hall–Kier alpha value is -2.76. The van der Waals surface area contributed by atoms with Crippen LogP contribution in [0.25, 0.3) is 0 Å². The number of aromatic nitrogens is 1. The maximum Gasteiger partial charge on any atom is 0.262 e. The molecule has 2 rings (SSSR count). The van der Waals surface area contributed by atoms with E-state index >= 15 is 0 Å².